The number of fused-ring (bicyclic) bond motifs is 1. The Labute approximate surface area is 144 Å². The molecule has 0 spiro atoms. The number of nitrogens with zero attached hydrogens (tertiary/aromatic N) is 2. The number of H-pyrrole nitrogens is 2. The first-order valence-corrected chi connectivity index (χ1v) is 7.97. The van der Waals surface area contributed by atoms with E-state index in [-0.39, 0.29) is 6.61 Å². The summed E-state index contributed by atoms with van der Waals surface area (Å²) in [6, 6.07) is 13.6. The highest BCUT2D eigenvalue weighted by Crippen LogP contribution is 2.28. The number of aliphatic hydroxyl groups is 1. The molecule has 3 N–H and O–H groups in total. The number of ether oxygens (including phenoxy) is 1. The summed E-state index contributed by atoms with van der Waals surface area (Å²) in [4.78, 5) is 7.92. The molecule has 0 saturated carbocycles. The van der Waals surface area contributed by atoms with Crippen LogP contribution < -0.4 is 4.74 Å². The molecule has 0 saturated heterocycles. The van der Waals surface area contributed by atoms with E-state index in [4.69, 9.17) is 4.74 Å². The highest BCUT2D eigenvalue weighted by atomic mass is 16.5. The first-order valence-electron chi connectivity index (χ1n) is 7.97. The van der Waals surface area contributed by atoms with Crippen LogP contribution in [0.3, 0.4) is 0 Å². The Balaban J connectivity index is 1.74. The molecule has 6 heteroatoms. The Hall–Kier alpha value is -3.12. The fraction of sp³-hybridized carbons (Fsp3) is 0.158. The molecule has 0 radical (unpaired) electrons. The molecule has 2 aromatic carbocycles. The summed E-state index contributed by atoms with van der Waals surface area (Å²) < 4.78 is 5.29. The largest absolute Gasteiger partial charge is 0.497 e. The maximum absolute atomic E-state index is 9.42. The predicted molar refractivity (Wildman–Crippen MR) is 96.3 cm³/mol. The van der Waals surface area contributed by atoms with Crippen LogP contribution in [0.2, 0.25) is 0 Å². The number of aromatic amines is 2. The number of aryl methyl sites for hydroxylation is 1. The van der Waals surface area contributed by atoms with Gasteiger partial charge in [-0.25, -0.2) is 4.98 Å². The Bertz CT molecular complexity index is 1030. The van der Waals surface area contributed by atoms with Gasteiger partial charge in [0.1, 0.15) is 11.4 Å². The summed E-state index contributed by atoms with van der Waals surface area (Å²) in [6.45, 7) is 2.00. The van der Waals surface area contributed by atoms with Gasteiger partial charge >= 0.3 is 0 Å². The maximum Gasteiger partial charge on any atom is 0.156 e. The van der Waals surface area contributed by atoms with E-state index in [2.05, 4.69) is 33.2 Å². The third-order valence-corrected chi connectivity index (χ3v) is 4.15. The van der Waals surface area contributed by atoms with Crippen molar-refractivity contribution in [3.63, 3.8) is 0 Å². The van der Waals surface area contributed by atoms with Gasteiger partial charge in [0.25, 0.3) is 0 Å². The Kier molecular flexibility index (Phi) is 3.74. The minimum absolute atomic E-state index is 0.0512. The zero-order valence-electron chi connectivity index (χ0n) is 14.0. The van der Waals surface area contributed by atoms with Crippen LogP contribution in [-0.2, 0) is 6.61 Å². The van der Waals surface area contributed by atoms with Crippen LogP contribution in [0, 0.1) is 6.92 Å². The number of aromatic nitrogens is 4. The number of hydrogen-bond donors (Lipinski definition) is 3. The van der Waals surface area contributed by atoms with Gasteiger partial charge in [-0.1, -0.05) is 6.07 Å². The molecule has 0 fully saturated rings. The van der Waals surface area contributed by atoms with Gasteiger partial charge in [0, 0.05) is 5.56 Å². The van der Waals surface area contributed by atoms with Crippen molar-refractivity contribution in [3.8, 4) is 28.5 Å². The van der Waals surface area contributed by atoms with Crippen molar-refractivity contribution in [2.75, 3.05) is 7.11 Å². The van der Waals surface area contributed by atoms with Crippen LogP contribution in [0.15, 0.2) is 42.5 Å². The van der Waals surface area contributed by atoms with Crippen LogP contribution in [-0.4, -0.2) is 32.4 Å². The molecule has 2 aromatic heterocycles. The molecule has 4 rings (SSSR count). The zero-order valence-corrected chi connectivity index (χ0v) is 14.0. The van der Waals surface area contributed by atoms with E-state index >= 15 is 0 Å². The van der Waals surface area contributed by atoms with E-state index in [9.17, 15) is 5.11 Å². The molecule has 0 unspecified atom stereocenters. The number of imidazole rings is 1. The molecular weight excluding hydrogens is 316 g/mol. The molecule has 126 valence electrons. The highest BCUT2D eigenvalue weighted by molar-refractivity contribution is 5.80. The quantitative estimate of drug-likeness (QED) is 0.533. The SMILES string of the molecule is COc1cc(CO)cc(-c2cc(-c3nc4ccc(C)cc4[nH]3)[nH]n2)c1. The number of rotatable bonds is 4. The van der Waals surface area contributed by atoms with Crippen molar-refractivity contribution in [1.82, 2.24) is 20.2 Å². The van der Waals surface area contributed by atoms with E-state index in [1.807, 2.05) is 30.3 Å². The summed E-state index contributed by atoms with van der Waals surface area (Å²) in [6.07, 6.45) is 0. The molecule has 0 bridgehead atoms. The second kappa shape index (κ2) is 6.07. The van der Waals surface area contributed by atoms with E-state index in [1.165, 1.54) is 5.56 Å². The summed E-state index contributed by atoms with van der Waals surface area (Å²) in [5.41, 5.74) is 6.31. The lowest BCUT2D eigenvalue weighted by Gasteiger charge is -2.05. The number of aliphatic hydroxyl groups excluding tert-OH is 1. The van der Waals surface area contributed by atoms with Gasteiger partial charge in [-0.15, -0.1) is 0 Å². The normalized spacial score (nSPS) is 11.2. The van der Waals surface area contributed by atoms with Gasteiger partial charge in [-0.2, -0.15) is 5.10 Å². The maximum atomic E-state index is 9.42. The van der Waals surface area contributed by atoms with Crippen molar-refractivity contribution < 1.29 is 9.84 Å². The van der Waals surface area contributed by atoms with Gasteiger partial charge < -0.3 is 14.8 Å². The Morgan fingerprint density at radius 1 is 1.12 bits per heavy atom. The minimum atomic E-state index is -0.0512. The smallest absolute Gasteiger partial charge is 0.156 e. The second-order valence-electron chi connectivity index (χ2n) is 6.00. The lowest BCUT2D eigenvalue weighted by atomic mass is 10.1. The van der Waals surface area contributed by atoms with E-state index in [0.717, 1.165) is 39.4 Å². The van der Waals surface area contributed by atoms with Gasteiger partial charge in [0.05, 0.1) is 30.4 Å². The molecule has 6 nitrogen and oxygen atoms in total. The van der Waals surface area contributed by atoms with Crippen LogP contribution in [0.25, 0.3) is 33.8 Å². The molecule has 0 aliphatic heterocycles. The van der Waals surface area contributed by atoms with E-state index in [0.29, 0.717) is 5.75 Å². The van der Waals surface area contributed by atoms with Crippen molar-refractivity contribution >= 4 is 11.0 Å². The van der Waals surface area contributed by atoms with Crippen molar-refractivity contribution in [2.24, 2.45) is 0 Å². The van der Waals surface area contributed by atoms with Gasteiger partial charge in [-0.05, 0) is 54.4 Å². The predicted octanol–water partition coefficient (Wildman–Crippen LogP) is 3.43. The van der Waals surface area contributed by atoms with E-state index in [1.54, 1.807) is 13.2 Å². The molecule has 0 amide bonds. The van der Waals surface area contributed by atoms with Crippen molar-refractivity contribution in [1.29, 1.82) is 0 Å². The molecule has 0 aliphatic carbocycles. The Morgan fingerprint density at radius 3 is 2.80 bits per heavy atom. The van der Waals surface area contributed by atoms with Gasteiger partial charge in [-0.3, -0.25) is 5.10 Å². The van der Waals surface area contributed by atoms with Crippen LogP contribution in [0.1, 0.15) is 11.1 Å². The van der Waals surface area contributed by atoms with Gasteiger partial charge in [0.15, 0.2) is 5.82 Å². The lowest BCUT2D eigenvalue weighted by molar-refractivity contribution is 0.281. The highest BCUT2D eigenvalue weighted by Gasteiger charge is 2.11. The standard InChI is InChI=1S/C19H18N4O2/c1-11-3-4-15-17(5-11)21-19(20-15)18-9-16(22-23-18)13-6-12(10-24)7-14(8-13)25-2/h3-9,24H,10H2,1-2H3,(H,20,21)(H,22,23). The minimum Gasteiger partial charge on any atom is -0.497 e. The van der Waals surface area contributed by atoms with E-state index < -0.39 is 0 Å². The molecule has 0 aliphatic rings. The van der Waals surface area contributed by atoms with Crippen LogP contribution in [0.4, 0.5) is 0 Å². The monoisotopic (exact) mass is 334 g/mol. The average molecular weight is 334 g/mol. The number of benzene rings is 2. The van der Waals surface area contributed by atoms with Gasteiger partial charge in [0.2, 0.25) is 0 Å². The van der Waals surface area contributed by atoms with Crippen LogP contribution in [0.5, 0.6) is 5.75 Å². The number of hydrogen-bond acceptors (Lipinski definition) is 4. The third kappa shape index (κ3) is 2.88. The summed E-state index contributed by atoms with van der Waals surface area (Å²) in [5.74, 6) is 1.43. The number of methoxy groups -OCH3 is 1. The topological polar surface area (TPSA) is 86.8 Å². The first-order chi connectivity index (χ1) is 12.2. The molecular formula is C19H18N4O2. The fourth-order valence-corrected chi connectivity index (χ4v) is 2.86. The van der Waals surface area contributed by atoms with Crippen LogP contribution >= 0.6 is 0 Å². The molecule has 25 heavy (non-hydrogen) atoms. The van der Waals surface area contributed by atoms with Crippen molar-refractivity contribution in [2.45, 2.75) is 13.5 Å². The summed E-state index contributed by atoms with van der Waals surface area (Å²) in [7, 11) is 1.60. The second-order valence-corrected chi connectivity index (χ2v) is 6.00. The first kappa shape index (κ1) is 15.4. The molecule has 2 heterocycles. The average Bonchev–Trinajstić information content (AvgIpc) is 3.27. The lowest BCUT2D eigenvalue weighted by Crippen LogP contribution is -1.90. The fourth-order valence-electron chi connectivity index (χ4n) is 2.86. The molecule has 4 aromatic rings. The Morgan fingerprint density at radius 2 is 2.00 bits per heavy atom. The summed E-state index contributed by atoms with van der Waals surface area (Å²) in [5, 5.41) is 16.8. The molecule has 0 atom stereocenters. The third-order valence-electron chi connectivity index (χ3n) is 4.15. The summed E-state index contributed by atoms with van der Waals surface area (Å²) >= 11 is 0. The number of nitrogens with one attached hydrogen (secondary N) is 2. The van der Waals surface area contributed by atoms with Crippen molar-refractivity contribution in [3.05, 3.63) is 53.6 Å². The zero-order chi connectivity index (χ0) is 17.4.